The van der Waals surface area contributed by atoms with E-state index >= 15 is 0 Å². The van der Waals surface area contributed by atoms with E-state index in [-0.39, 0.29) is 17.8 Å². The number of carbonyl (C=O) groups is 1. The summed E-state index contributed by atoms with van der Waals surface area (Å²) in [6, 6.07) is 8.88. The summed E-state index contributed by atoms with van der Waals surface area (Å²) < 4.78 is 19.8. The van der Waals surface area contributed by atoms with Crippen LogP contribution in [-0.2, 0) is 12.0 Å². The maximum atomic E-state index is 14.5. The van der Waals surface area contributed by atoms with Crippen LogP contribution in [0.3, 0.4) is 0 Å². The maximum Gasteiger partial charge on any atom is 0.321 e. The molecule has 1 saturated heterocycles. The van der Waals surface area contributed by atoms with E-state index in [1.807, 2.05) is 34.5 Å². The van der Waals surface area contributed by atoms with Crippen molar-refractivity contribution in [3.8, 4) is 5.75 Å². The van der Waals surface area contributed by atoms with Crippen molar-refractivity contribution in [2.24, 2.45) is 0 Å². The number of nitrogens with zero attached hydrogens (tertiary/aromatic N) is 3. The molecule has 34 heavy (non-hydrogen) atoms. The minimum atomic E-state index is -0.408. The van der Waals surface area contributed by atoms with Crippen molar-refractivity contribution < 1.29 is 13.9 Å². The largest absolute Gasteiger partial charge is 0.497 e. The number of carbonyl (C=O) groups excluding carboxylic acids is 1. The van der Waals surface area contributed by atoms with Crippen LogP contribution in [0.15, 0.2) is 41.9 Å². The molecular weight excluding hydrogens is 455 g/mol. The molecular formula is C24H29FN6O2S. The van der Waals surface area contributed by atoms with Gasteiger partial charge in [0.05, 0.1) is 12.8 Å². The monoisotopic (exact) mass is 484 g/mol. The van der Waals surface area contributed by atoms with Crippen molar-refractivity contribution >= 4 is 28.3 Å². The summed E-state index contributed by atoms with van der Waals surface area (Å²) in [4.78, 5) is 23.2. The summed E-state index contributed by atoms with van der Waals surface area (Å²) in [5.41, 5.74) is 2.20. The van der Waals surface area contributed by atoms with E-state index in [0.29, 0.717) is 16.5 Å². The Morgan fingerprint density at radius 3 is 2.68 bits per heavy atom. The van der Waals surface area contributed by atoms with Gasteiger partial charge in [0.15, 0.2) is 16.8 Å². The molecule has 2 aromatic heterocycles. The summed E-state index contributed by atoms with van der Waals surface area (Å²) in [5.74, 6) is 0.766. The zero-order valence-electron chi connectivity index (χ0n) is 19.5. The highest BCUT2D eigenvalue weighted by Crippen LogP contribution is 2.34. The van der Waals surface area contributed by atoms with Gasteiger partial charge in [-0.05, 0) is 29.3 Å². The van der Waals surface area contributed by atoms with E-state index in [4.69, 9.17) is 4.74 Å². The molecule has 0 radical (unpaired) electrons. The molecule has 3 N–H and O–H groups in total. The number of nitrogens with one attached hydrogen (secondary N) is 3. The van der Waals surface area contributed by atoms with E-state index in [1.165, 1.54) is 17.4 Å². The van der Waals surface area contributed by atoms with Gasteiger partial charge in [-0.25, -0.2) is 19.2 Å². The van der Waals surface area contributed by atoms with Crippen molar-refractivity contribution in [1.82, 2.24) is 20.6 Å². The number of benzene rings is 1. The van der Waals surface area contributed by atoms with Gasteiger partial charge in [-0.1, -0.05) is 26.0 Å². The Morgan fingerprint density at radius 2 is 2.00 bits per heavy atom. The molecule has 1 aliphatic rings. The van der Waals surface area contributed by atoms with Crippen LogP contribution >= 0.6 is 11.3 Å². The predicted octanol–water partition coefficient (Wildman–Crippen LogP) is 3.74. The van der Waals surface area contributed by atoms with Crippen LogP contribution < -0.4 is 25.6 Å². The van der Waals surface area contributed by atoms with Crippen molar-refractivity contribution in [2.45, 2.75) is 25.8 Å². The first-order chi connectivity index (χ1) is 16.4. The van der Waals surface area contributed by atoms with Crippen LogP contribution in [0.1, 0.15) is 30.7 Å². The molecule has 8 nitrogen and oxygen atoms in total. The van der Waals surface area contributed by atoms with Crippen molar-refractivity contribution in [1.29, 1.82) is 0 Å². The topological polar surface area (TPSA) is 91.4 Å². The summed E-state index contributed by atoms with van der Waals surface area (Å²) in [6.07, 6.45) is 1.60. The Morgan fingerprint density at radius 1 is 1.26 bits per heavy atom. The van der Waals surface area contributed by atoms with Gasteiger partial charge in [-0.15, -0.1) is 11.3 Å². The number of urea groups is 1. The fourth-order valence-corrected chi connectivity index (χ4v) is 4.65. The molecule has 3 heterocycles. The van der Waals surface area contributed by atoms with Gasteiger partial charge in [0, 0.05) is 49.7 Å². The molecule has 0 unspecified atom stereocenters. The lowest BCUT2D eigenvalue weighted by Gasteiger charge is -2.28. The zero-order valence-corrected chi connectivity index (χ0v) is 20.3. The quantitative estimate of drug-likeness (QED) is 0.473. The number of piperazine rings is 1. The van der Waals surface area contributed by atoms with Gasteiger partial charge in [-0.2, -0.15) is 0 Å². The molecule has 1 fully saturated rings. The third-order valence-electron chi connectivity index (χ3n) is 5.92. The van der Waals surface area contributed by atoms with Crippen LogP contribution in [-0.4, -0.2) is 49.3 Å². The Bertz CT molecular complexity index is 1130. The van der Waals surface area contributed by atoms with Crippen LogP contribution in [0.5, 0.6) is 5.75 Å². The van der Waals surface area contributed by atoms with Gasteiger partial charge in [0.2, 0.25) is 0 Å². The van der Waals surface area contributed by atoms with Gasteiger partial charge in [0.25, 0.3) is 0 Å². The third-order valence-corrected chi connectivity index (χ3v) is 6.68. The standard InChI is InChI=1S/C24H29FN6O2S/c1-24(2,17-4-6-18(33-3)7-5-17)20-15-34-23(29-20)30-22(32)28-14-16-12-19(25)21(27-13-16)31-10-8-26-9-11-31/h4-7,12-13,15,26H,8-11,14H2,1-3H3,(H2,28,29,30,32). The lowest BCUT2D eigenvalue weighted by molar-refractivity contribution is 0.251. The molecule has 0 atom stereocenters. The fourth-order valence-electron chi connectivity index (χ4n) is 3.77. The minimum absolute atomic E-state index is 0.160. The summed E-state index contributed by atoms with van der Waals surface area (Å²) >= 11 is 1.36. The number of hydrogen-bond donors (Lipinski definition) is 3. The number of aromatic nitrogens is 2. The number of methoxy groups -OCH3 is 1. The average molecular weight is 485 g/mol. The molecule has 1 aromatic carbocycles. The molecule has 180 valence electrons. The van der Waals surface area contributed by atoms with Crippen molar-refractivity contribution in [2.75, 3.05) is 43.5 Å². The second-order valence-corrected chi connectivity index (χ2v) is 9.44. The predicted molar refractivity (Wildman–Crippen MR) is 132 cm³/mol. The summed E-state index contributed by atoms with van der Waals surface area (Å²) in [7, 11) is 1.64. The molecule has 10 heteroatoms. The lowest BCUT2D eigenvalue weighted by atomic mass is 9.82. The molecule has 4 rings (SSSR count). The number of ether oxygens (including phenoxy) is 1. The molecule has 1 aliphatic heterocycles. The lowest BCUT2D eigenvalue weighted by Crippen LogP contribution is -2.44. The van der Waals surface area contributed by atoms with E-state index in [1.54, 1.807) is 13.3 Å². The van der Waals surface area contributed by atoms with Crippen LogP contribution in [0, 0.1) is 5.82 Å². The van der Waals surface area contributed by atoms with E-state index in [2.05, 4.69) is 39.8 Å². The van der Waals surface area contributed by atoms with Crippen molar-refractivity contribution in [3.63, 3.8) is 0 Å². The molecule has 0 aliphatic carbocycles. The highest BCUT2D eigenvalue weighted by molar-refractivity contribution is 7.13. The third kappa shape index (κ3) is 5.45. The second-order valence-electron chi connectivity index (χ2n) is 8.59. The normalized spacial score (nSPS) is 14.1. The molecule has 0 saturated carbocycles. The second kappa shape index (κ2) is 10.4. The van der Waals surface area contributed by atoms with Crippen molar-refractivity contribution in [3.05, 3.63) is 64.5 Å². The highest BCUT2D eigenvalue weighted by Gasteiger charge is 2.26. The number of anilines is 2. The van der Waals surface area contributed by atoms with Crippen LogP contribution in [0.4, 0.5) is 20.1 Å². The SMILES string of the molecule is COc1ccc(C(C)(C)c2csc(NC(=O)NCc3cnc(N4CCNCC4)c(F)c3)n2)cc1. The molecule has 2 amide bonds. The molecule has 0 spiro atoms. The number of hydrogen-bond acceptors (Lipinski definition) is 7. The van der Waals surface area contributed by atoms with Gasteiger partial charge >= 0.3 is 6.03 Å². The molecule has 3 aromatic rings. The zero-order chi connectivity index (χ0) is 24.1. The van der Waals surface area contributed by atoms with E-state index < -0.39 is 6.03 Å². The number of rotatable bonds is 7. The first kappa shape index (κ1) is 23.9. The Labute approximate surface area is 202 Å². The Hall–Kier alpha value is -3.24. The summed E-state index contributed by atoms with van der Waals surface area (Å²) in [6.45, 7) is 7.37. The maximum absolute atomic E-state index is 14.5. The van der Waals surface area contributed by atoms with E-state index in [0.717, 1.165) is 43.2 Å². The fraction of sp³-hybridized carbons (Fsp3) is 0.375. The first-order valence-electron chi connectivity index (χ1n) is 11.1. The number of amides is 2. The number of thiazole rings is 1. The average Bonchev–Trinajstić information content (AvgIpc) is 3.33. The van der Waals surface area contributed by atoms with Gasteiger partial charge in [-0.3, -0.25) is 5.32 Å². The Kier molecular flexibility index (Phi) is 7.28. The van der Waals surface area contributed by atoms with Crippen LogP contribution in [0.2, 0.25) is 0 Å². The first-order valence-corrected chi connectivity index (χ1v) is 12.0. The van der Waals surface area contributed by atoms with E-state index in [9.17, 15) is 9.18 Å². The highest BCUT2D eigenvalue weighted by atomic mass is 32.1. The molecule has 0 bridgehead atoms. The number of halogens is 1. The van der Waals surface area contributed by atoms with Gasteiger partial charge < -0.3 is 20.3 Å². The number of pyridine rings is 1. The van der Waals surface area contributed by atoms with Crippen LogP contribution in [0.25, 0.3) is 0 Å². The van der Waals surface area contributed by atoms with Gasteiger partial charge in [0.1, 0.15) is 5.75 Å². The Balaban J connectivity index is 1.33. The minimum Gasteiger partial charge on any atom is -0.497 e. The smallest absolute Gasteiger partial charge is 0.321 e. The summed E-state index contributed by atoms with van der Waals surface area (Å²) in [5, 5.41) is 11.2.